The molecule has 1 amide bonds. The molecule has 3 rings (SSSR count). The zero-order chi connectivity index (χ0) is 18.6. The number of hydrogen-bond acceptors (Lipinski definition) is 7. The molecule has 1 aromatic heterocycles. The summed E-state index contributed by atoms with van der Waals surface area (Å²) in [4.78, 5) is 11.5. The van der Waals surface area contributed by atoms with Gasteiger partial charge >= 0.3 is 0 Å². The van der Waals surface area contributed by atoms with Crippen LogP contribution in [0.15, 0.2) is 59.5 Å². The van der Waals surface area contributed by atoms with Crippen molar-refractivity contribution in [3.05, 3.63) is 59.4 Å². The van der Waals surface area contributed by atoms with Crippen LogP contribution < -0.4 is 15.3 Å². The molecule has 10 nitrogen and oxygen atoms in total. The largest absolute Gasteiger partial charge is 0.299 e. The first-order valence-corrected chi connectivity index (χ1v) is 9.05. The van der Waals surface area contributed by atoms with Crippen molar-refractivity contribution in [1.82, 2.24) is 25.7 Å². The smallest absolute Gasteiger partial charge is 0.283 e. The fourth-order valence-electron chi connectivity index (χ4n) is 2.15. The predicted molar refractivity (Wildman–Crippen MR) is 96.0 cm³/mol. The molecule has 12 heteroatoms. The summed E-state index contributed by atoms with van der Waals surface area (Å²) in [5.74, 6) is 0. The number of anilines is 2. The Hall–Kier alpha value is -3.25. The van der Waals surface area contributed by atoms with Gasteiger partial charge in [0.25, 0.3) is 14.8 Å². The number of carbonyl (C=O) groups is 1. The maximum absolute atomic E-state index is 13.1. The number of rotatable bonds is 7. The summed E-state index contributed by atoms with van der Waals surface area (Å²) in [6, 6.07) is 14.2. The first kappa shape index (κ1) is 17.6. The Labute approximate surface area is 153 Å². The molecule has 0 radical (unpaired) electrons. The van der Waals surface area contributed by atoms with Gasteiger partial charge in [-0.25, -0.2) is 0 Å². The maximum atomic E-state index is 13.1. The zero-order valence-electron chi connectivity index (χ0n) is 13.1. The Morgan fingerprint density at radius 3 is 2.38 bits per heavy atom. The molecule has 0 saturated carbocycles. The van der Waals surface area contributed by atoms with E-state index < -0.39 is 10.0 Å². The Kier molecular flexibility index (Phi) is 4.95. The van der Waals surface area contributed by atoms with Gasteiger partial charge in [-0.15, -0.1) is 4.79 Å². The Morgan fingerprint density at radius 2 is 1.81 bits per heavy atom. The summed E-state index contributed by atoms with van der Waals surface area (Å²) in [7, 11) is -4.00. The minimum absolute atomic E-state index is 0.0608. The van der Waals surface area contributed by atoms with E-state index in [4.69, 9.17) is 12.2 Å². The number of aromatic nitrogens is 4. The second kappa shape index (κ2) is 7.33. The standard InChI is InChI=1S/C14H13N7O3S2/c22-10-15-16-11-6-8-12(9-7-11)21(20-14(25)17-18-19-20)26(23,24)13-4-2-1-3-5-13/h1-10,16H,(H,15,22)(H,17,19,25). The Balaban J connectivity index is 2.10. The van der Waals surface area contributed by atoms with Crippen LogP contribution in [0.4, 0.5) is 11.4 Å². The molecule has 0 aliphatic rings. The van der Waals surface area contributed by atoms with Crippen molar-refractivity contribution < 1.29 is 13.2 Å². The summed E-state index contributed by atoms with van der Waals surface area (Å²) in [6.07, 6.45) is 0.482. The lowest BCUT2D eigenvalue weighted by atomic mass is 10.3. The van der Waals surface area contributed by atoms with Crippen LogP contribution >= 0.6 is 12.2 Å². The summed E-state index contributed by atoms with van der Waals surface area (Å²) in [5, 5.41) is 9.64. The van der Waals surface area contributed by atoms with E-state index in [2.05, 4.69) is 26.4 Å². The number of H-pyrrole nitrogens is 1. The van der Waals surface area contributed by atoms with Crippen molar-refractivity contribution >= 4 is 40.0 Å². The monoisotopic (exact) mass is 391 g/mol. The van der Waals surface area contributed by atoms with E-state index in [-0.39, 0.29) is 15.4 Å². The predicted octanol–water partition coefficient (Wildman–Crippen LogP) is 1.07. The SMILES string of the molecule is O=CNNc1ccc(N(n2[nH]nnc2=S)S(=O)(=O)c2ccccc2)cc1. The van der Waals surface area contributed by atoms with Crippen LogP contribution in [-0.2, 0) is 14.8 Å². The molecule has 0 saturated heterocycles. The number of aromatic amines is 1. The summed E-state index contributed by atoms with van der Waals surface area (Å²) in [5.41, 5.74) is 5.77. The second-order valence-corrected chi connectivity index (χ2v) is 7.02. The van der Waals surface area contributed by atoms with Crippen molar-refractivity contribution in [2.24, 2.45) is 0 Å². The van der Waals surface area contributed by atoms with Crippen molar-refractivity contribution in [3.63, 3.8) is 0 Å². The molecule has 0 bridgehead atoms. The van der Waals surface area contributed by atoms with Crippen LogP contribution in [0.2, 0.25) is 0 Å². The molecule has 0 spiro atoms. The normalized spacial score (nSPS) is 10.9. The van der Waals surface area contributed by atoms with Gasteiger partial charge in [0, 0.05) is 0 Å². The number of benzene rings is 2. The molecule has 3 N–H and O–H groups in total. The number of amides is 1. The van der Waals surface area contributed by atoms with Gasteiger partial charge in [-0.2, -0.15) is 18.0 Å². The first-order valence-electron chi connectivity index (χ1n) is 7.20. The number of nitrogens with one attached hydrogen (secondary N) is 3. The van der Waals surface area contributed by atoms with Crippen molar-refractivity contribution in [3.8, 4) is 0 Å². The molecule has 134 valence electrons. The van der Waals surface area contributed by atoms with Crippen LogP contribution in [-0.4, -0.2) is 35.1 Å². The van der Waals surface area contributed by atoms with E-state index in [1.165, 1.54) is 24.3 Å². The van der Waals surface area contributed by atoms with Crippen LogP contribution in [0.25, 0.3) is 0 Å². The third-order valence-electron chi connectivity index (χ3n) is 3.27. The van der Waals surface area contributed by atoms with Crippen LogP contribution in [0.3, 0.4) is 0 Å². The quantitative estimate of drug-likeness (QED) is 0.312. The average Bonchev–Trinajstić information content (AvgIpc) is 3.07. The van der Waals surface area contributed by atoms with Gasteiger partial charge in [0.05, 0.1) is 16.3 Å². The van der Waals surface area contributed by atoms with Crippen LogP contribution in [0.1, 0.15) is 0 Å². The van der Waals surface area contributed by atoms with Gasteiger partial charge in [0.1, 0.15) is 0 Å². The molecule has 0 unspecified atom stereocenters. The lowest BCUT2D eigenvalue weighted by Crippen LogP contribution is -2.37. The van der Waals surface area contributed by atoms with Gasteiger partial charge < -0.3 is 0 Å². The van der Waals surface area contributed by atoms with Gasteiger partial charge in [-0.3, -0.25) is 15.6 Å². The second-order valence-electron chi connectivity index (χ2n) is 4.89. The lowest BCUT2D eigenvalue weighted by molar-refractivity contribution is -0.109. The van der Waals surface area contributed by atoms with Crippen LogP contribution in [0.5, 0.6) is 0 Å². The molecule has 26 heavy (non-hydrogen) atoms. The van der Waals surface area contributed by atoms with Gasteiger partial charge in [-0.05, 0) is 53.8 Å². The summed E-state index contributed by atoms with van der Waals surface area (Å²) in [6.45, 7) is 0. The number of carbonyl (C=O) groups excluding carboxylic acids is 1. The Bertz CT molecular complexity index is 1050. The number of nitrogens with zero attached hydrogens (tertiary/aromatic N) is 4. The van der Waals surface area contributed by atoms with Gasteiger partial charge in [0.2, 0.25) is 6.41 Å². The molecule has 3 aromatic rings. The van der Waals surface area contributed by atoms with Crippen molar-refractivity contribution in [2.45, 2.75) is 4.90 Å². The lowest BCUT2D eigenvalue weighted by Gasteiger charge is -2.23. The highest BCUT2D eigenvalue weighted by atomic mass is 32.2. The number of sulfonamides is 1. The molecular formula is C14H13N7O3S2. The van der Waals surface area contributed by atoms with E-state index in [1.807, 2.05) is 0 Å². The third-order valence-corrected chi connectivity index (χ3v) is 5.22. The summed E-state index contributed by atoms with van der Waals surface area (Å²) < 4.78 is 27.2. The Morgan fingerprint density at radius 1 is 1.12 bits per heavy atom. The number of tetrazole rings is 1. The van der Waals surface area contributed by atoms with Crippen molar-refractivity contribution in [2.75, 3.05) is 9.84 Å². The summed E-state index contributed by atoms with van der Waals surface area (Å²) >= 11 is 5.05. The highest BCUT2D eigenvalue weighted by molar-refractivity contribution is 7.92. The molecule has 0 atom stereocenters. The molecular weight excluding hydrogens is 378 g/mol. The molecule has 2 aromatic carbocycles. The van der Waals surface area contributed by atoms with Crippen molar-refractivity contribution in [1.29, 1.82) is 0 Å². The van der Waals surface area contributed by atoms with Gasteiger partial charge in [0.15, 0.2) is 0 Å². The fourth-order valence-corrected chi connectivity index (χ4v) is 3.79. The minimum Gasteiger partial charge on any atom is -0.299 e. The first-order chi connectivity index (χ1) is 12.5. The number of hydrazine groups is 1. The third kappa shape index (κ3) is 3.41. The molecule has 0 aliphatic heterocycles. The number of hydrogen-bond donors (Lipinski definition) is 3. The maximum Gasteiger partial charge on any atom is 0.283 e. The van der Waals surface area contributed by atoms with E-state index in [0.29, 0.717) is 12.1 Å². The molecule has 0 fully saturated rings. The zero-order valence-corrected chi connectivity index (χ0v) is 14.7. The van der Waals surface area contributed by atoms with Crippen LogP contribution in [0, 0.1) is 4.77 Å². The average molecular weight is 391 g/mol. The fraction of sp³-hybridized carbons (Fsp3) is 0. The van der Waals surface area contributed by atoms with Gasteiger partial charge in [-0.1, -0.05) is 23.3 Å². The van der Waals surface area contributed by atoms with E-state index >= 15 is 0 Å². The van der Waals surface area contributed by atoms with E-state index in [0.717, 1.165) is 9.21 Å². The highest BCUT2D eigenvalue weighted by Crippen LogP contribution is 2.25. The highest BCUT2D eigenvalue weighted by Gasteiger charge is 2.28. The van der Waals surface area contributed by atoms with E-state index in [1.54, 1.807) is 30.3 Å². The topological polar surface area (TPSA) is 125 Å². The minimum atomic E-state index is -4.00. The molecule has 0 aliphatic carbocycles. The molecule has 1 heterocycles. The van der Waals surface area contributed by atoms with E-state index in [9.17, 15) is 13.2 Å².